The van der Waals surface area contributed by atoms with Crippen LogP contribution in [0.3, 0.4) is 0 Å². The fraction of sp³-hybridized carbons (Fsp3) is 0.946. The summed E-state index contributed by atoms with van der Waals surface area (Å²) in [5.74, 6) is 0.789. The third kappa shape index (κ3) is 49.4. The van der Waals surface area contributed by atoms with E-state index in [1.807, 2.05) is 0 Å². The van der Waals surface area contributed by atoms with Gasteiger partial charge in [0, 0.05) is 19.3 Å². The summed E-state index contributed by atoms with van der Waals surface area (Å²) in [4.78, 5) is 38.0. The van der Waals surface area contributed by atoms with Crippen LogP contribution >= 0.6 is 0 Å². The molecule has 6 heteroatoms. The lowest BCUT2D eigenvalue weighted by atomic mass is 10.0. The van der Waals surface area contributed by atoms with Crippen molar-refractivity contribution in [2.24, 2.45) is 11.8 Å². The van der Waals surface area contributed by atoms with Gasteiger partial charge in [-0.2, -0.15) is 0 Å². The molecule has 0 aliphatic heterocycles. The smallest absolute Gasteiger partial charge is 0.306 e. The highest BCUT2D eigenvalue weighted by atomic mass is 16.6. The van der Waals surface area contributed by atoms with E-state index in [1.54, 1.807) is 0 Å². The van der Waals surface area contributed by atoms with E-state index in [9.17, 15) is 14.4 Å². The highest BCUT2D eigenvalue weighted by molar-refractivity contribution is 5.71. The minimum atomic E-state index is -0.762. The molecule has 6 nitrogen and oxygen atoms in total. The number of ether oxygens (including phenoxy) is 3. The van der Waals surface area contributed by atoms with E-state index in [0.717, 1.165) is 69.6 Å². The van der Waals surface area contributed by atoms with Crippen molar-refractivity contribution >= 4 is 17.9 Å². The van der Waals surface area contributed by atoms with Crippen LogP contribution in [0.15, 0.2) is 0 Å². The van der Waals surface area contributed by atoms with Gasteiger partial charge in [0.2, 0.25) is 0 Å². The first-order chi connectivity index (χ1) is 30.2. The summed E-state index contributed by atoms with van der Waals surface area (Å²) >= 11 is 0. The van der Waals surface area contributed by atoms with Gasteiger partial charge in [-0.25, -0.2) is 0 Å². The average molecular weight is 877 g/mol. The van der Waals surface area contributed by atoms with Crippen LogP contribution in [0.5, 0.6) is 0 Å². The Balaban J connectivity index is 4.24. The van der Waals surface area contributed by atoms with E-state index in [1.165, 1.54) is 199 Å². The topological polar surface area (TPSA) is 78.9 Å². The number of hydrogen-bond donors (Lipinski definition) is 0. The lowest BCUT2D eigenvalue weighted by Crippen LogP contribution is -2.30. The molecule has 0 unspecified atom stereocenters. The zero-order valence-electron chi connectivity index (χ0n) is 42.5. The molecule has 0 aliphatic rings. The Kier molecular flexibility index (Phi) is 47.6. The average Bonchev–Trinajstić information content (AvgIpc) is 3.24. The predicted molar refractivity (Wildman–Crippen MR) is 266 cm³/mol. The molecule has 0 spiro atoms. The van der Waals surface area contributed by atoms with E-state index in [2.05, 4.69) is 34.6 Å². The minimum absolute atomic E-state index is 0.0635. The number of carbonyl (C=O) groups is 3. The lowest BCUT2D eigenvalue weighted by Gasteiger charge is -2.18. The summed E-state index contributed by atoms with van der Waals surface area (Å²) in [7, 11) is 0. The number of esters is 3. The molecule has 0 saturated heterocycles. The summed E-state index contributed by atoms with van der Waals surface area (Å²) in [5.41, 5.74) is 0. The number of rotatable bonds is 50. The molecule has 0 saturated carbocycles. The second-order valence-electron chi connectivity index (χ2n) is 20.2. The molecule has 368 valence electrons. The van der Waals surface area contributed by atoms with Gasteiger partial charge in [0.15, 0.2) is 6.10 Å². The first-order valence-electron chi connectivity index (χ1n) is 27.7. The minimum Gasteiger partial charge on any atom is -0.462 e. The van der Waals surface area contributed by atoms with E-state index >= 15 is 0 Å². The molecule has 1 atom stereocenters. The van der Waals surface area contributed by atoms with Gasteiger partial charge in [0.25, 0.3) is 0 Å². The monoisotopic (exact) mass is 877 g/mol. The molecular formula is C56H108O6. The van der Waals surface area contributed by atoms with Gasteiger partial charge in [-0.15, -0.1) is 0 Å². The second kappa shape index (κ2) is 48.9. The molecule has 0 aromatic carbocycles. The Morgan fingerprint density at radius 3 is 0.790 bits per heavy atom. The Morgan fingerprint density at radius 2 is 0.532 bits per heavy atom. The standard InChI is InChI=1S/C56H108O6/c1-6-7-8-9-10-11-12-13-16-21-24-27-32-38-43-48-56(59)62-53(50-61-55(58)47-42-37-33-28-30-35-40-45-52(4)5)49-60-54(57)46-41-36-31-26-23-20-18-15-14-17-19-22-25-29-34-39-44-51(2)3/h51-53H,6-50H2,1-5H3/t53-/m0/s1. The van der Waals surface area contributed by atoms with Crippen molar-refractivity contribution in [3.8, 4) is 0 Å². The van der Waals surface area contributed by atoms with Crippen LogP contribution in [0.1, 0.15) is 311 Å². The summed E-state index contributed by atoms with van der Waals surface area (Å²) < 4.78 is 16.8. The largest absolute Gasteiger partial charge is 0.462 e. The molecule has 62 heavy (non-hydrogen) atoms. The molecule has 0 fully saturated rings. The maximum atomic E-state index is 12.8. The molecule has 0 aromatic rings. The maximum Gasteiger partial charge on any atom is 0.306 e. The van der Waals surface area contributed by atoms with E-state index in [4.69, 9.17) is 14.2 Å². The maximum absolute atomic E-state index is 12.8. The van der Waals surface area contributed by atoms with E-state index in [0.29, 0.717) is 19.3 Å². The van der Waals surface area contributed by atoms with Gasteiger partial charge < -0.3 is 14.2 Å². The van der Waals surface area contributed by atoms with Crippen molar-refractivity contribution in [2.45, 2.75) is 317 Å². The van der Waals surface area contributed by atoms with Crippen LogP contribution in [0.25, 0.3) is 0 Å². The van der Waals surface area contributed by atoms with E-state index < -0.39 is 6.10 Å². The molecule has 0 rings (SSSR count). The van der Waals surface area contributed by atoms with Crippen LogP contribution in [-0.4, -0.2) is 37.2 Å². The summed E-state index contributed by atoms with van der Waals surface area (Å²) in [6.07, 6.45) is 51.0. The van der Waals surface area contributed by atoms with Crippen LogP contribution < -0.4 is 0 Å². The molecule has 0 aliphatic carbocycles. The number of hydrogen-bond acceptors (Lipinski definition) is 6. The Morgan fingerprint density at radius 1 is 0.306 bits per heavy atom. The Hall–Kier alpha value is -1.59. The summed E-state index contributed by atoms with van der Waals surface area (Å²) in [6, 6.07) is 0. The highest BCUT2D eigenvalue weighted by Crippen LogP contribution is 2.18. The third-order valence-corrected chi connectivity index (χ3v) is 12.7. The van der Waals surface area contributed by atoms with Gasteiger partial charge in [-0.1, -0.05) is 272 Å². The van der Waals surface area contributed by atoms with Crippen LogP contribution in [0.2, 0.25) is 0 Å². The van der Waals surface area contributed by atoms with Gasteiger partial charge >= 0.3 is 17.9 Å². The Bertz CT molecular complexity index is 947. The van der Waals surface area contributed by atoms with E-state index in [-0.39, 0.29) is 31.1 Å². The normalized spacial score (nSPS) is 12.0. The fourth-order valence-electron chi connectivity index (χ4n) is 8.52. The highest BCUT2D eigenvalue weighted by Gasteiger charge is 2.19. The van der Waals surface area contributed by atoms with Gasteiger partial charge in [-0.05, 0) is 31.1 Å². The van der Waals surface area contributed by atoms with Crippen LogP contribution in [-0.2, 0) is 28.6 Å². The first-order valence-corrected chi connectivity index (χ1v) is 27.7. The zero-order chi connectivity index (χ0) is 45.4. The molecule has 0 aromatic heterocycles. The molecule has 0 heterocycles. The molecule has 0 N–H and O–H groups in total. The second-order valence-corrected chi connectivity index (χ2v) is 20.2. The predicted octanol–water partition coefficient (Wildman–Crippen LogP) is 18.1. The fourth-order valence-corrected chi connectivity index (χ4v) is 8.52. The van der Waals surface area contributed by atoms with Crippen LogP contribution in [0, 0.1) is 11.8 Å². The van der Waals surface area contributed by atoms with Crippen molar-refractivity contribution in [1.29, 1.82) is 0 Å². The van der Waals surface area contributed by atoms with Gasteiger partial charge in [-0.3, -0.25) is 14.4 Å². The van der Waals surface area contributed by atoms with Crippen molar-refractivity contribution in [1.82, 2.24) is 0 Å². The van der Waals surface area contributed by atoms with Crippen molar-refractivity contribution < 1.29 is 28.6 Å². The first kappa shape index (κ1) is 60.4. The van der Waals surface area contributed by atoms with Crippen molar-refractivity contribution in [3.05, 3.63) is 0 Å². The summed E-state index contributed by atoms with van der Waals surface area (Å²) in [6.45, 7) is 11.4. The lowest BCUT2D eigenvalue weighted by molar-refractivity contribution is -0.167. The number of carbonyl (C=O) groups excluding carboxylic acids is 3. The van der Waals surface area contributed by atoms with Crippen molar-refractivity contribution in [2.75, 3.05) is 13.2 Å². The Labute approximate surface area is 387 Å². The van der Waals surface area contributed by atoms with Crippen LogP contribution in [0.4, 0.5) is 0 Å². The molecular weight excluding hydrogens is 769 g/mol. The van der Waals surface area contributed by atoms with Gasteiger partial charge in [0.1, 0.15) is 13.2 Å². The quantitative estimate of drug-likeness (QED) is 0.0344. The number of unbranched alkanes of at least 4 members (excludes halogenated alkanes) is 35. The van der Waals surface area contributed by atoms with Crippen molar-refractivity contribution in [3.63, 3.8) is 0 Å². The summed E-state index contributed by atoms with van der Waals surface area (Å²) in [5, 5.41) is 0. The molecule has 0 bridgehead atoms. The molecule has 0 radical (unpaired) electrons. The van der Waals surface area contributed by atoms with Gasteiger partial charge in [0.05, 0.1) is 0 Å². The molecule has 0 amide bonds. The zero-order valence-corrected chi connectivity index (χ0v) is 42.5. The SMILES string of the molecule is CCCCCCCCCCCCCCCCCC(=O)O[C@@H](COC(=O)CCCCCCCCCCCCCCCCCCC(C)C)COC(=O)CCCCCCCCCC(C)C. The third-order valence-electron chi connectivity index (χ3n) is 12.7.